The summed E-state index contributed by atoms with van der Waals surface area (Å²) in [4.78, 5) is 39.1. The van der Waals surface area contributed by atoms with Crippen molar-refractivity contribution in [2.24, 2.45) is 5.41 Å². The van der Waals surface area contributed by atoms with Gasteiger partial charge < -0.3 is 19.3 Å². The monoisotopic (exact) mass is 482 g/mol. The van der Waals surface area contributed by atoms with Crippen LogP contribution in [-0.4, -0.2) is 34.2 Å². The fourth-order valence-electron chi connectivity index (χ4n) is 4.31. The summed E-state index contributed by atoms with van der Waals surface area (Å²) in [7, 11) is 0. The van der Waals surface area contributed by atoms with E-state index in [1.54, 1.807) is 65.8 Å². The molecule has 0 heterocycles. The van der Waals surface area contributed by atoms with Crippen molar-refractivity contribution < 1.29 is 33.7 Å². The average Bonchev–Trinajstić information content (AvgIpc) is 2.72. The highest BCUT2D eigenvalue weighted by atomic mass is 16.6. The lowest BCUT2D eigenvalue weighted by molar-refractivity contribution is -0.187. The molecule has 7 nitrogen and oxygen atoms in total. The van der Waals surface area contributed by atoms with Crippen LogP contribution in [0, 0.1) is 5.41 Å². The van der Waals surface area contributed by atoms with Gasteiger partial charge in [0.25, 0.3) is 0 Å². The molecule has 7 heteroatoms. The number of carboxylic acid groups (broad SMARTS) is 1. The Morgan fingerprint density at radius 1 is 0.886 bits per heavy atom. The molecule has 0 spiro atoms. The molecule has 1 aliphatic carbocycles. The summed E-state index contributed by atoms with van der Waals surface area (Å²) in [5.74, 6) is -2.05. The van der Waals surface area contributed by atoms with E-state index in [0.29, 0.717) is 17.1 Å². The molecule has 188 valence electrons. The molecule has 35 heavy (non-hydrogen) atoms. The third-order valence-electron chi connectivity index (χ3n) is 5.65. The second-order valence-electron chi connectivity index (χ2n) is 11.0. The Morgan fingerprint density at radius 2 is 1.46 bits per heavy atom. The number of benzene rings is 2. The standard InChI is InChI=1S/C28H34O7/c1-26(2,3)34-24(31)28(25(32)35-27(4,5)6)16-18(15-23(29)30)20-13-10-14-22(21(20)17-28)33-19-11-8-7-9-12-19/h7-14,18H,15-17H2,1-6H3,(H,29,30). The van der Waals surface area contributed by atoms with Gasteiger partial charge in [0.15, 0.2) is 5.41 Å². The molecule has 0 aliphatic heterocycles. The van der Waals surface area contributed by atoms with Crippen molar-refractivity contribution in [1.82, 2.24) is 0 Å². The highest BCUT2D eigenvalue weighted by Gasteiger charge is 2.55. The maximum Gasteiger partial charge on any atom is 0.324 e. The van der Waals surface area contributed by atoms with E-state index in [-0.39, 0.29) is 19.3 Å². The van der Waals surface area contributed by atoms with Gasteiger partial charge in [-0.2, -0.15) is 0 Å². The van der Waals surface area contributed by atoms with Gasteiger partial charge in [-0.25, -0.2) is 0 Å². The van der Waals surface area contributed by atoms with Crippen LogP contribution in [0.3, 0.4) is 0 Å². The van der Waals surface area contributed by atoms with Crippen molar-refractivity contribution in [3.05, 3.63) is 59.7 Å². The third-order valence-corrected chi connectivity index (χ3v) is 5.65. The molecule has 2 aromatic carbocycles. The van der Waals surface area contributed by atoms with Gasteiger partial charge in [-0.1, -0.05) is 30.3 Å². The SMILES string of the molecule is CC(C)(C)OC(=O)C1(C(=O)OC(C)(C)C)Cc2c(Oc3ccccc3)cccc2C(CC(=O)O)C1. The molecular weight excluding hydrogens is 448 g/mol. The topological polar surface area (TPSA) is 99.1 Å². The maximum absolute atomic E-state index is 13.7. The number of para-hydroxylation sites is 1. The van der Waals surface area contributed by atoms with Crippen molar-refractivity contribution >= 4 is 17.9 Å². The van der Waals surface area contributed by atoms with E-state index >= 15 is 0 Å². The highest BCUT2D eigenvalue weighted by molar-refractivity contribution is 6.01. The number of aliphatic carboxylic acids is 1. The summed E-state index contributed by atoms with van der Waals surface area (Å²) in [6.07, 6.45) is -0.314. The number of esters is 2. The predicted molar refractivity (Wildman–Crippen MR) is 130 cm³/mol. The number of hydrogen-bond donors (Lipinski definition) is 1. The number of ether oxygens (including phenoxy) is 3. The quantitative estimate of drug-likeness (QED) is 0.419. The summed E-state index contributed by atoms with van der Waals surface area (Å²) in [6, 6.07) is 14.5. The van der Waals surface area contributed by atoms with Gasteiger partial charge in [0.05, 0.1) is 6.42 Å². The molecule has 0 fully saturated rings. The molecule has 1 aliphatic rings. The van der Waals surface area contributed by atoms with Crippen LogP contribution in [0.25, 0.3) is 0 Å². The molecule has 1 unspecified atom stereocenters. The lowest BCUT2D eigenvalue weighted by Gasteiger charge is -2.41. The van der Waals surface area contributed by atoms with Crippen LogP contribution in [0.2, 0.25) is 0 Å². The van der Waals surface area contributed by atoms with E-state index in [4.69, 9.17) is 14.2 Å². The zero-order valence-electron chi connectivity index (χ0n) is 21.2. The molecule has 0 saturated carbocycles. The van der Waals surface area contributed by atoms with Crippen LogP contribution in [0.15, 0.2) is 48.5 Å². The normalized spacial score (nSPS) is 17.1. The zero-order chi connectivity index (χ0) is 26.0. The van der Waals surface area contributed by atoms with Crippen LogP contribution in [0.4, 0.5) is 0 Å². The van der Waals surface area contributed by atoms with Crippen molar-refractivity contribution in [1.29, 1.82) is 0 Å². The molecule has 0 aromatic heterocycles. The summed E-state index contributed by atoms with van der Waals surface area (Å²) in [6.45, 7) is 10.4. The third kappa shape index (κ3) is 6.41. The van der Waals surface area contributed by atoms with Crippen LogP contribution >= 0.6 is 0 Å². The number of carbonyl (C=O) groups is 3. The first-order chi connectivity index (χ1) is 16.2. The number of hydrogen-bond acceptors (Lipinski definition) is 6. The van der Waals surface area contributed by atoms with Crippen molar-refractivity contribution in [3.8, 4) is 11.5 Å². The lowest BCUT2D eigenvalue weighted by atomic mass is 9.65. The van der Waals surface area contributed by atoms with E-state index in [2.05, 4.69) is 0 Å². The Balaban J connectivity index is 2.17. The van der Waals surface area contributed by atoms with Crippen molar-refractivity contribution in [2.75, 3.05) is 0 Å². The molecule has 0 radical (unpaired) electrons. The van der Waals surface area contributed by atoms with E-state index in [9.17, 15) is 19.5 Å². The summed E-state index contributed by atoms with van der Waals surface area (Å²) >= 11 is 0. The molecule has 0 bridgehead atoms. The summed E-state index contributed by atoms with van der Waals surface area (Å²) in [5, 5.41) is 9.65. The molecule has 1 atom stereocenters. The fourth-order valence-corrected chi connectivity index (χ4v) is 4.31. The van der Waals surface area contributed by atoms with E-state index in [1.807, 2.05) is 24.3 Å². The Kier molecular flexibility index (Phi) is 7.29. The van der Waals surface area contributed by atoms with Gasteiger partial charge in [-0.05, 0) is 83.2 Å². The number of rotatable bonds is 6. The molecule has 2 aromatic rings. The highest BCUT2D eigenvalue weighted by Crippen LogP contribution is 2.49. The van der Waals surface area contributed by atoms with Crippen LogP contribution in [0.1, 0.15) is 71.4 Å². The molecular formula is C28H34O7. The minimum atomic E-state index is -1.72. The second-order valence-corrected chi connectivity index (χ2v) is 11.0. The van der Waals surface area contributed by atoms with E-state index < -0.39 is 40.4 Å². The van der Waals surface area contributed by atoms with Gasteiger partial charge in [0, 0.05) is 6.42 Å². The minimum Gasteiger partial charge on any atom is -0.481 e. The van der Waals surface area contributed by atoms with Crippen LogP contribution in [-0.2, 0) is 30.3 Å². The van der Waals surface area contributed by atoms with E-state index in [0.717, 1.165) is 5.56 Å². The second kappa shape index (κ2) is 9.72. The van der Waals surface area contributed by atoms with Crippen molar-refractivity contribution in [2.45, 2.75) is 77.9 Å². The number of fused-ring (bicyclic) bond motifs is 1. The smallest absolute Gasteiger partial charge is 0.324 e. The molecule has 1 N–H and O–H groups in total. The van der Waals surface area contributed by atoms with Crippen molar-refractivity contribution in [3.63, 3.8) is 0 Å². The Hall–Kier alpha value is -3.35. The molecule has 3 rings (SSSR count). The summed E-state index contributed by atoms with van der Waals surface area (Å²) < 4.78 is 17.6. The van der Waals surface area contributed by atoms with Gasteiger partial charge in [0.2, 0.25) is 0 Å². The Labute approximate surface area is 206 Å². The van der Waals surface area contributed by atoms with Gasteiger partial charge >= 0.3 is 17.9 Å². The predicted octanol–water partition coefficient (Wildman–Crippen LogP) is 5.65. The lowest BCUT2D eigenvalue weighted by Crippen LogP contribution is -2.50. The first-order valence-electron chi connectivity index (χ1n) is 11.7. The number of carboxylic acids is 1. The summed E-state index contributed by atoms with van der Waals surface area (Å²) in [5.41, 5.74) is -2.08. The Morgan fingerprint density at radius 3 is 1.97 bits per heavy atom. The minimum absolute atomic E-state index is 0.0225. The van der Waals surface area contributed by atoms with E-state index in [1.165, 1.54) is 0 Å². The first kappa shape index (κ1) is 26.3. The van der Waals surface area contributed by atoms with Crippen LogP contribution < -0.4 is 4.74 Å². The average molecular weight is 483 g/mol. The fraction of sp³-hybridized carbons (Fsp3) is 0.464. The van der Waals surface area contributed by atoms with Gasteiger partial charge in [0.1, 0.15) is 22.7 Å². The largest absolute Gasteiger partial charge is 0.481 e. The van der Waals surface area contributed by atoms with Gasteiger partial charge in [-0.3, -0.25) is 14.4 Å². The van der Waals surface area contributed by atoms with Gasteiger partial charge in [-0.15, -0.1) is 0 Å². The zero-order valence-corrected chi connectivity index (χ0v) is 21.2. The first-order valence-corrected chi connectivity index (χ1v) is 11.7. The molecule has 0 amide bonds. The molecule has 0 saturated heterocycles. The maximum atomic E-state index is 13.7. The Bertz CT molecular complexity index is 1060. The van der Waals surface area contributed by atoms with Crippen LogP contribution in [0.5, 0.6) is 11.5 Å². The number of carbonyl (C=O) groups excluding carboxylic acids is 2.